The van der Waals surface area contributed by atoms with Gasteiger partial charge in [0.05, 0.1) is 23.0 Å². The highest BCUT2D eigenvalue weighted by molar-refractivity contribution is 7.89. The third-order valence-electron chi connectivity index (χ3n) is 4.58. The highest BCUT2D eigenvalue weighted by Crippen LogP contribution is 2.26. The summed E-state index contributed by atoms with van der Waals surface area (Å²) in [4.78, 5) is 26.0. The lowest BCUT2D eigenvalue weighted by Gasteiger charge is -2.30. The number of ether oxygens (including phenoxy) is 1. The zero-order valence-electron chi connectivity index (χ0n) is 13.7. The van der Waals surface area contributed by atoms with Crippen molar-refractivity contribution < 1.29 is 22.7 Å². The van der Waals surface area contributed by atoms with E-state index in [2.05, 4.69) is 0 Å². The number of thiophene rings is 1. The highest BCUT2D eigenvalue weighted by Gasteiger charge is 2.30. The molecule has 0 saturated carbocycles. The normalized spacial score (nSPS) is 20.6. The zero-order valence-corrected chi connectivity index (χ0v) is 15.4. The summed E-state index contributed by atoms with van der Waals surface area (Å²) in [6.07, 6.45) is 1.09. The molecule has 1 aromatic heterocycles. The third kappa shape index (κ3) is 3.86. The van der Waals surface area contributed by atoms with E-state index in [9.17, 15) is 18.0 Å². The Balaban J connectivity index is 1.69. The van der Waals surface area contributed by atoms with Crippen molar-refractivity contribution in [3.63, 3.8) is 0 Å². The van der Waals surface area contributed by atoms with Crippen LogP contribution in [0, 0.1) is 5.92 Å². The van der Waals surface area contributed by atoms with Crippen LogP contribution in [-0.2, 0) is 19.6 Å². The van der Waals surface area contributed by atoms with Gasteiger partial charge in [-0.25, -0.2) is 8.42 Å². The largest absolute Gasteiger partial charge is 0.379 e. The molecular formula is C15H21N3O5S2. The Kier molecular flexibility index (Phi) is 5.42. The van der Waals surface area contributed by atoms with Crippen LogP contribution >= 0.6 is 11.3 Å². The Morgan fingerprint density at radius 2 is 1.80 bits per heavy atom. The molecule has 1 aromatic rings. The second-order valence-electron chi connectivity index (χ2n) is 6.13. The number of sulfonamides is 1. The quantitative estimate of drug-likeness (QED) is 0.788. The molecule has 3 rings (SSSR count). The summed E-state index contributed by atoms with van der Waals surface area (Å²) >= 11 is 1.13. The molecular weight excluding hydrogens is 366 g/mol. The molecule has 10 heteroatoms. The van der Waals surface area contributed by atoms with E-state index in [1.807, 2.05) is 0 Å². The van der Waals surface area contributed by atoms with Crippen molar-refractivity contribution in [3.05, 3.63) is 16.3 Å². The van der Waals surface area contributed by atoms with E-state index in [4.69, 9.17) is 10.5 Å². The van der Waals surface area contributed by atoms with Gasteiger partial charge in [-0.15, -0.1) is 11.3 Å². The first-order chi connectivity index (χ1) is 11.9. The maximum atomic E-state index is 12.6. The summed E-state index contributed by atoms with van der Waals surface area (Å²) in [6, 6.07) is 1.44. The van der Waals surface area contributed by atoms with Gasteiger partial charge in [0.15, 0.2) is 0 Å². The summed E-state index contributed by atoms with van der Waals surface area (Å²) in [5.74, 6) is -0.719. The van der Waals surface area contributed by atoms with Crippen molar-refractivity contribution in [1.29, 1.82) is 0 Å². The number of primary amides is 1. The monoisotopic (exact) mass is 387 g/mol. The fourth-order valence-corrected chi connectivity index (χ4v) is 5.66. The van der Waals surface area contributed by atoms with Gasteiger partial charge >= 0.3 is 0 Å². The summed E-state index contributed by atoms with van der Waals surface area (Å²) in [5.41, 5.74) is 5.30. The molecule has 0 spiro atoms. The van der Waals surface area contributed by atoms with E-state index in [1.165, 1.54) is 15.8 Å². The average molecular weight is 387 g/mol. The number of rotatable bonds is 4. The lowest BCUT2D eigenvalue weighted by atomic mass is 9.96. The predicted octanol–water partition coefficient (Wildman–Crippen LogP) is 0.107. The number of carbonyl (C=O) groups is 2. The predicted molar refractivity (Wildman–Crippen MR) is 91.7 cm³/mol. The Bertz CT molecular complexity index is 747. The number of hydrogen-bond acceptors (Lipinski definition) is 6. The number of hydrogen-bond donors (Lipinski definition) is 1. The molecule has 138 valence electrons. The van der Waals surface area contributed by atoms with Crippen molar-refractivity contribution in [1.82, 2.24) is 9.21 Å². The van der Waals surface area contributed by atoms with Crippen LogP contribution in [0.5, 0.6) is 0 Å². The van der Waals surface area contributed by atoms with Crippen LogP contribution in [0.15, 0.2) is 16.3 Å². The molecule has 0 radical (unpaired) electrons. The molecule has 2 fully saturated rings. The highest BCUT2D eigenvalue weighted by atomic mass is 32.2. The molecule has 2 aliphatic heterocycles. The van der Waals surface area contributed by atoms with Gasteiger partial charge in [-0.3, -0.25) is 9.59 Å². The Morgan fingerprint density at radius 3 is 2.40 bits per heavy atom. The molecule has 2 amide bonds. The average Bonchev–Trinajstić information content (AvgIpc) is 3.13. The van der Waals surface area contributed by atoms with E-state index in [0.717, 1.165) is 11.3 Å². The molecule has 2 aliphatic rings. The number of nitrogens with two attached hydrogens (primary N) is 1. The Morgan fingerprint density at radius 1 is 1.16 bits per heavy atom. The summed E-state index contributed by atoms with van der Waals surface area (Å²) in [7, 11) is -3.59. The van der Waals surface area contributed by atoms with Crippen LogP contribution in [0.1, 0.15) is 22.5 Å². The van der Waals surface area contributed by atoms with E-state index in [-0.39, 0.29) is 22.6 Å². The lowest BCUT2D eigenvalue weighted by Crippen LogP contribution is -2.41. The Hall–Kier alpha value is -1.49. The fourth-order valence-electron chi connectivity index (χ4n) is 3.03. The molecule has 2 saturated heterocycles. The standard InChI is InChI=1S/C15H21N3O5S2/c16-14(19)11-1-3-17(4-2-11)15(20)13-9-12(10-24-13)25(21,22)18-5-7-23-8-6-18/h9-11H,1-8H2,(H2,16,19). The SMILES string of the molecule is NC(=O)C1CCN(C(=O)c2cc(S(=O)(=O)N3CCOCC3)cs2)CC1. The number of amides is 2. The van der Waals surface area contributed by atoms with Crippen LogP contribution in [0.4, 0.5) is 0 Å². The number of morpholine rings is 1. The third-order valence-corrected chi connectivity index (χ3v) is 7.52. The number of likely N-dealkylation sites (tertiary alicyclic amines) is 1. The first-order valence-electron chi connectivity index (χ1n) is 8.14. The van der Waals surface area contributed by atoms with Gasteiger partial charge in [0.2, 0.25) is 15.9 Å². The minimum atomic E-state index is -3.59. The van der Waals surface area contributed by atoms with Crippen molar-refractivity contribution in [3.8, 4) is 0 Å². The molecule has 0 unspecified atom stereocenters. The van der Waals surface area contributed by atoms with Crippen molar-refractivity contribution in [2.75, 3.05) is 39.4 Å². The van der Waals surface area contributed by atoms with Gasteiger partial charge in [0.1, 0.15) is 0 Å². The van der Waals surface area contributed by atoms with E-state index in [1.54, 1.807) is 4.90 Å². The van der Waals surface area contributed by atoms with Crippen LogP contribution in [0.3, 0.4) is 0 Å². The van der Waals surface area contributed by atoms with Crippen molar-refractivity contribution >= 4 is 33.2 Å². The van der Waals surface area contributed by atoms with E-state index in [0.29, 0.717) is 57.1 Å². The van der Waals surface area contributed by atoms with E-state index < -0.39 is 10.0 Å². The lowest BCUT2D eigenvalue weighted by molar-refractivity contribution is -0.123. The summed E-state index contributed by atoms with van der Waals surface area (Å²) in [6.45, 7) is 2.31. The maximum Gasteiger partial charge on any atom is 0.263 e. The Labute approximate surface area is 150 Å². The van der Waals surface area contributed by atoms with Gasteiger partial charge in [-0.1, -0.05) is 0 Å². The zero-order chi connectivity index (χ0) is 18.0. The van der Waals surface area contributed by atoms with Crippen LogP contribution in [0.25, 0.3) is 0 Å². The van der Waals surface area contributed by atoms with Gasteiger partial charge in [-0.2, -0.15) is 4.31 Å². The smallest absolute Gasteiger partial charge is 0.263 e. The first kappa shape index (κ1) is 18.3. The van der Waals surface area contributed by atoms with Gasteiger partial charge in [0.25, 0.3) is 5.91 Å². The molecule has 0 aliphatic carbocycles. The second-order valence-corrected chi connectivity index (χ2v) is 8.98. The number of piperidine rings is 1. The molecule has 0 atom stereocenters. The van der Waals surface area contributed by atoms with Crippen LogP contribution < -0.4 is 5.73 Å². The molecule has 3 heterocycles. The number of carbonyl (C=O) groups excluding carboxylic acids is 2. The topological polar surface area (TPSA) is 110 Å². The van der Waals surface area contributed by atoms with E-state index >= 15 is 0 Å². The molecule has 25 heavy (non-hydrogen) atoms. The molecule has 0 bridgehead atoms. The number of nitrogens with zero attached hydrogens (tertiary/aromatic N) is 2. The second kappa shape index (κ2) is 7.40. The first-order valence-corrected chi connectivity index (χ1v) is 10.5. The summed E-state index contributed by atoms with van der Waals surface area (Å²) in [5, 5.41) is 1.51. The van der Waals surface area contributed by atoms with Crippen molar-refractivity contribution in [2.24, 2.45) is 11.7 Å². The minimum absolute atomic E-state index is 0.148. The maximum absolute atomic E-state index is 12.6. The summed E-state index contributed by atoms with van der Waals surface area (Å²) < 4.78 is 31.8. The minimum Gasteiger partial charge on any atom is -0.379 e. The fraction of sp³-hybridized carbons (Fsp3) is 0.600. The molecule has 8 nitrogen and oxygen atoms in total. The van der Waals surface area contributed by atoms with Gasteiger partial charge in [0, 0.05) is 37.5 Å². The molecule has 0 aromatic carbocycles. The van der Waals surface area contributed by atoms with Gasteiger partial charge in [-0.05, 0) is 18.9 Å². The van der Waals surface area contributed by atoms with Crippen LogP contribution in [0.2, 0.25) is 0 Å². The van der Waals surface area contributed by atoms with Crippen molar-refractivity contribution in [2.45, 2.75) is 17.7 Å². The van der Waals surface area contributed by atoms with Crippen LogP contribution in [-0.4, -0.2) is 68.8 Å². The van der Waals surface area contributed by atoms with Gasteiger partial charge < -0.3 is 15.4 Å². The molecule has 2 N–H and O–H groups in total.